The van der Waals surface area contributed by atoms with E-state index in [0.29, 0.717) is 5.76 Å². The molecular weight excluding hydrogens is 272 g/mol. The molecule has 0 aliphatic rings. The fourth-order valence-corrected chi connectivity index (χ4v) is 1.87. The largest absolute Gasteiger partial charge is 0.433 e. The van der Waals surface area contributed by atoms with Crippen molar-refractivity contribution in [2.45, 2.75) is 0 Å². The third-order valence-electron chi connectivity index (χ3n) is 2.80. The van der Waals surface area contributed by atoms with Crippen molar-refractivity contribution in [3.8, 4) is 0 Å². The number of nitro groups is 1. The minimum Gasteiger partial charge on any atom is -0.400 e. The number of benzene rings is 1. The molecule has 0 saturated carbocycles. The van der Waals surface area contributed by atoms with Gasteiger partial charge in [0.05, 0.1) is 23.5 Å². The van der Waals surface area contributed by atoms with Crippen LogP contribution in [-0.4, -0.2) is 16.1 Å². The van der Waals surface area contributed by atoms with Crippen molar-refractivity contribution < 1.29 is 9.34 Å². The van der Waals surface area contributed by atoms with E-state index in [9.17, 15) is 10.1 Å². The molecule has 1 aromatic carbocycles. The Morgan fingerprint density at radius 3 is 2.90 bits per heavy atom. The number of hydrogen-bond donors (Lipinski definition) is 1. The second-order valence-electron chi connectivity index (χ2n) is 4.18. The molecule has 104 valence electrons. The quantitative estimate of drug-likeness (QED) is 0.450. The maximum absolute atomic E-state index is 10.5. The van der Waals surface area contributed by atoms with Crippen LogP contribution in [0.15, 0.2) is 58.2 Å². The van der Waals surface area contributed by atoms with Crippen molar-refractivity contribution in [2.75, 3.05) is 5.43 Å². The molecule has 0 atom stereocenters. The molecule has 2 heterocycles. The van der Waals surface area contributed by atoms with E-state index < -0.39 is 4.92 Å². The Bertz CT molecular complexity index is 820. The highest BCUT2D eigenvalue weighted by Crippen LogP contribution is 2.20. The Morgan fingerprint density at radius 2 is 2.10 bits per heavy atom. The van der Waals surface area contributed by atoms with Crippen molar-refractivity contribution in [2.24, 2.45) is 5.10 Å². The number of para-hydroxylation sites is 1. The van der Waals surface area contributed by atoms with Gasteiger partial charge in [0.2, 0.25) is 0 Å². The van der Waals surface area contributed by atoms with Gasteiger partial charge in [-0.3, -0.25) is 20.5 Å². The number of pyridine rings is 1. The molecule has 1 N–H and O–H groups in total. The van der Waals surface area contributed by atoms with Gasteiger partial charge in [-0.2, -0.15) is 5.10 Å². The number of fused-ring (bicyclic) bond motifs is 1. The smallest absolute Gasteiger partial charge is 0.400 e. The van der Waals surface area contributed by atoms with Gasteiger partial charge in [0.25, 0.3) is 0 Å². The van der Waals surface area contributed by atoms with E-state index in [-0.39, 0.29) is 5.88 Å². The summed E-state index contributed by atoms with van der Waals surface area (Å²) in [6.07, 6.45) is 3.07. The van der Waals surface area contributed by atoms with Crippen molar-refractivity contribution in [3.05, 3.63) is 64.5 Å². The summed E-state index contributed by atoms with van der Waals surface area (Å²) in [4.78, 5) is 14.2. The van der Waals surface area contributed by atoms with Crippen LogP contribution in [0.4, 0.5) is 11.6 Å². The lowest BCUT2D eigenvalue weighted by atomic mass is 10.2. The lowest BCUT2D eigenvalue weighted by Crippen LogP contribution is -1.92. The Balaban J connectivity index is 1.79. The van der Waals surface area contributed by atoms with Crippen molar-refractivity contribution in [3.63, 3.8) is 0 Å². The van der Waals surface area contributed by atoms with Crippen LogP contribution in [0.5, 0.6) is 0 Å². The number of nitrogens with zero attached hydrogens (tertiary/aromatic N) is 3. The molecule has 7 nitrogen and oxygen atoms in total. The summed E-state index contributed by atoms with van der Waals surface area (Å²) in [6.45, 7) is 0. The standard InChI is InChI=1S/C14H10N4O3/c19-18(20)13-7-6-11(21-13)9-16-17-12-5-1-3-10-4-2-8-15-14(10)12/h1-9,17H/b16-9-. The number of aromatic nitrogens is 1. The zero-order valence-corrected chi connectivity index (χ0v) is 10.8. The predicted octanol–water partition coefficient (Wildman–Crippen LogP) is 3.18. The van der Waals surface area contributed by atoms with E-state index >= 15 is 0 Å². The molecule has 0 radical (unpaired) electrons. The molecule has 0 amide bonds. The van der Waals surface area contributed by atoms with Gasteiger partial charge in [-0.1, -0.05) is 18.2 Å². The van der Waals surface area contributed by atoms with Crippen LogP contribution in [-0.2, 0) is 0 Å². The predicted molar refractivity (Wildman–Crippen MR) is 78.3 cm³/mol. The van der Waals surface area contributed by atoms with Crippen molar-refractivity contribution >= 4 is 28.7 Å². The van der Waals surface area contributed by atoms with Gasteiger partial charge in [-0.05, 0) is 18.2 Å². The first-order valence-electron chi connectivity index (χ1n) is 6.11. The molecule has 0 unspecified atom stereocenters. The average molecular weight is 282 g/mol. The van der Waals surface area contributed by atoms with E-state index in [1.54, 1.807) is 6.20 Å². The third-order valence-corrected chi connectivity index (χ3v) is 2.80. The molecule has 0 bridgehead atoms. The number of rotatable bonds is 4. The molecular formula is C14H10N4O3. The molecule has 0 aliphatic heterocycles. The SMILES string of the molecule is O=[N+]([O-])c1ccc(/C=N\Nc2cccc3cccnc23)o1. The lowest BCUT2D eigenvalue weighted by molar-refractivity contribution is -0.402. The zero-order valence-electron chi connectivity index (χ0n) is 10.8. The minimum atomic E-state index is -0.598. The van der Waals surface area contributed by atoms with E-state index in [0.717, 1.165) is 16.6 Å². The summed E-state index contributed by atoms with van der Waals surface area (Å²) >= 11 is 0. The third kappa shape index (κ3) is 2.71. The summed E-state index contributed by atoms with van der Waals surface area (Å²) in [7, 11) is 0. The van der Waals surface area contributed by atoms with Crippen LogP contribution in [0, 0.1) is 10.1 Å². The Labute approximate surface area is 119 Å². The topological polar surface area (TPSA) is 93.6 Å². The minimum absolute atomic E-state index is 0.294. The van der Waals surface area contributed by atoms with Crippen LogP contribution in [0.2, 0.25) is 0 Å². The van der Waals surface area contributed by atoms with Gasteiger partial charge in [-0.15, -0.1) is 0 Å². The zero-order chi connectivity index (χ0) is 14.7. The lowest BCUT2D eigenvalue weighted by Gasteiger charge is -2.03. The highest BCUT2D eigenvalue weighted by molar-refractivity contribution is 5.90. The summed E-state index contributed by atoms with van der Waals surface area (Å²) < 4.78 is 4.97. The number of anilines is 1. The van der Waals surface area contributed by atoms with Crippen LogP contribution in [0.1, 0.15) is 5.76 Å². The van der Waals surface area contributed by atoms with E-state index in [1.165, 1.54) is 18.3 Å². The Morgan fingerprint density at radius 1 is 1.24 bits per heavy atom. The van der Waals surface area contributed by atoms with Crippen LogP contribution < -0.4 is 5.43 Å². The van der Waals surface area contributed by atoms with Gasteiger partial charge in [-0.25, -0.2) is 0 Å². The van der Waals surface area contributed by atoms with Gasteiger partial charge in [0, 0.05) is 11.6 Å². The summed E-state index contributed by atoms with van der Waals surface area (Å²) in [6, 6.07) is 12.2. The monoisotopic (exact) mass is 282 g/mol. The molecule has 0 spiro atoms. The second kappa shape index (κ2) is 5.41. The molecule has 21 heavy (non-hydrogen) atoms. The summed E-state index contributed by atoms with van der Waals surface area (Å²) in [5.41, 5.74) is 4.39. The van der Waals surface area contributed by atoms with Crippen LogP contribution >= 0.6 is 0 Å². The van der Waals surface area contributed by atoms with Crippen LogP contribution in [0.3, 0.4) is 0 Å². The number of hydrazone groups is 1. The van der Waals surface area contributed by atoms with E-state index in [4.69, 9.17) is 4.42 Å². The number of hydrogen-bond acceptors (Lipinski definition) is 6. The average Bonchev–Trinajstić information content (AvgIpc) is 2.97. The summed E-state index contributed by atoms with van der Waals surface area (Å²) in [5, 5.41) is 15.5. The van der Waals surface area contributed by atoms with E-state index in [1.807, 2.05) is 30.3 Å². The van der Waals surface area contributed by atoms with E-state index in [2.05, 4.69) is 15.5 Å². The van der Waals surface area contributed by atoms with Gasteiger partial charge >= 0.3 is 5.88 Å². The first-order chi connectivity index (χ1) is 10.2. The first-order valence-corrected chi connectivity index (χ1v) is 6.11. The molecule has 0 saturated heterocycles. The Kier molecular flexibility index (Phi) is 3.30. The highest BCUT2D eigenvalue weighted by atomic mass is 16.6. The molecule has 0 aliphatic carbocycles. The molecule has 0 fully saturated rings. The molecule has 3 rings (SSSR count). The molecule has 7 heteroatoms. The maximum Gasteiger partial charge on any atom is 0.433 e. The van der Waals surface area contributed by atoms with Gasteiger partial charge < -0.3 is 4.42 Å². The maximum atomic E-state index is 10.5. The normalized spacial score (nSPS) is 11.0. The highest BCUT2D eigenvalue weighted by Gasteiger charge is 2.10. The number of nitrogens with one attached hydrogen (secondary N) is 1. The van der Waals surface area contributed by atoms with Crippen molar-refractivity contribution in [1.29, 1.82) is 0 Å². The molecule has 3 aromatic rings. The Hall–Kier alpha value is -3.22. The first kappa shape index (κ1) is 12.8. The van der Waals surface area contributed by atoms with Gasteiger partial charge in [0.1, 0.15) is 4.92 Å². The fraction of sp³-hybridized carbons (Fsp3) is 0. The molecule has 2 aromatic heterocycles. The van der Waals surface area contributed by atoms with Crippen molar-refractivity contribution in [1.82, 2.24) is 4.98 Å². The number of furan rings is 1. The second-order valence-corrected chi connectivity index (χ2v) is 4.18. The van der Waals surface area contributed by atoms with Gasteiger partial charge in [0.15, 0.2) is 5.76 Å². The van der Waals surface area contributed by atoms with Crippen LogP contribution in [0.25, 0.3) is 10.9 Å². The summed E-state index contributed by atoms with van der Waals surface area (Å²) in [5.74, 6) is -0.0225. The fourth-order valence-electron chi connectivity index (χ4n) is 1.87.